The highest BCUT2D eigenvalue weighted by Crippen LogP contribution is 2.23. The van der Waals surface area contributed by atoms with Crippen molar-refractivity contribution >= 4 is 17.4 Å². The number of nitrogens with zero attached hydrogens (tertiary/aromatic N) is 2. The van der Waals surface area contributed by atoms with E-state index in [4.69, 9.17) is 15.0 Å². The quantitative estimate of drug-likeness (QED) is 0.725. The van der Waals surface area contributed by atoms with Gasteiger partial charge in [0.1, 0.15) is 24.3 Å². The first-order valence-corrected chi connectivity index (χ1v) is 7.91. The number of hydrogen-bond donors (Lipinski definition) is 1. The predicted molar refractivity (Wildman–Crippen MR) is 86.7 cm³/mol. The summed E-state index contributed by atoms with van der Waals surface area (Å²) < 4.78 is 10.5. The highest BCUT2D eigenvalue weighted by atomic mass is 32.2. The number of rotatable bonds is 5. The van der Waals surface area contributed by atoms with E-state index in [-0.39, 0.29) is 0 Å². The topological polar surface area (TPSA) is 74.2 Å². The molecule has 22 heavy (non-hydrogen) atoms. The van der Waals surface area contributed by atoms with Crippen LogP contribution in [0.15, 0.2) is 58.3 Å². The van der Waals surface area contributed by atoms with Gasteiger partial charge in [-0.2, -0.15) is 0 Å². The number of nitrogen functional groups attached to an aromatic ring is 1. The Morgan fingerprint density at radius 3 is 2.59 bits per heavy atom. The molecule has 3 aromatic rings. The van der Waals surface area contributed by atoms with Gasteiger partial charge in [0.15, 0.2) is 5.69 Å². The van der Waals surface area contributed by atoms with E-state index >= 15 is 0 Å². The van der Waals surface area contributed by atoms with Crippen LogP contribution in [-0.2, 0) is 6.61 Å². The van der Waals surface area contributed by atoms with Gasteiger partial charge in [0.05, 0.1) is 11.9 Å². The van der Waals surface area contributed by atoms with Crippen LogP contribution in [0.25, 0.3) is 11.4 Å². The van der Waals surface area contributed by atoms with E-state index in [2.05, 4.69) is 40.7 Å². The van der Waals surface area contributed by atoms with Crippen LogP contribution in [0, 0.1) is 0 Å². The lowest BCUT2D eigenvalue weighted by molar-refractivity contribution is 0.305. The van der Waals surface area contributed by atoms with Gasteiger partial charge < -0.3 is 15.0 Å². The largest absolute Gasteiger partial charge is 0.487 e. The predicted octanol–water partition coefficient (Wildman–Crippen LogP) is 3.62. The van der Waals surface area contributed by atoms with E-state index in [1.165, 1.54) is 11.2 Å². The van der Waals surface area contributed by atoms with Crippen molar-refractivity contribution in [3.63, 3.8) is 0 Å². The van der Waals surface area contributed by atoms with E-state index in [0.717, 1.165) is 5.56 Å². The zero-order chi connectivity index (χ0) is 15.4. The van der Waals surface area contributed by atoms with Crippen molar-refractivity contribution in [1.82, 2.24) is 10.1 Å². The number of nitrogens with two attached hydrogens (primary N) is 1. The van der Waals surface area contributed by atoms with Gasteiger partial charge in [-0.3, -0.25) is 4.98 Å². The van der Waals surface area contributed by atoms with Crippen molar-refractivity contribution in [2.45, 2.75) is 11.5 Å². The van der Waals surface area contributed by atoms with Gasteiger partial charge in [-0.15, -0.1) is 11.8 Å². The summed E-state index contributed by atoms with van der Waals surface area (Å²) in [7, 11) is 0. The van der Waals surface area contributed by atoms with Gasteiger partial charge in [0, 0.05) is 4.90 Å². The summed E-state index contributed by atoms with van der Waals surface area (Å²) in [5.74, 6) is 0.694. The van der Waals surface area contributed by atoms with Gasteiger partial charge >= 0.3 is 0 Å². The van der Waals surface area contributed by atoms with Crippen LogP contribution in [0.2, 0.25) is 0 Å². The van der Waals surface area contributed by atoms with Gasteiger partial charge in [-0.25, -0.2) is 0 Å². The van der Waals surface area contributed by atoms with Crippen LogP contribution in [0.1, 0.15) is 5.56 Å². The average Bonchev–Trinajstić information content (AvgIpc) is 3.00. The summed E-state index contributed by atoms with van der Waals surface area (Å²) in [6.45, 7) is 0.502. The molecule has 0 amide bonds. The van der Waals surface area contributed by atoms with E-state index in [9.17, 15) is 0 Å². The molecule has 6 heteroatoms. The summed E-state index contributed by atoms with van der Waals surface area (Å²) in [6.07, 6.45) is 5.10. The van der Waals surface area contributed by atoms with Crippen LogP contribution < -0.4 is 10.5 Å². The third-order valence-corrected chi connectivity index (χ3v) is 3.88. The van der Waals surface area contributed by atoms with E-state index in [1.54, 1.807) is 24.0 Å². The number of anilines is 1. The van der Waals surface area contributed by atoms with E-state index in [0.29, 0.717) is 29.4 Å². The number of hydrogen-bond acceptors (Lipinski definition) is 6. The molecule has 0 radical (unpaired) electrons. The maximum Gasteiger partial charge on any atom is 0.155 e. The third-order valence-electron chi connectivity index (χ3n) is 3.14. The van der Waals surface area contributed by atoms with Gasteiger partial charge in [-0.1, -0.05) is 17.3 Å². The zero-order valence-corrected chi connectivity index (χ0v) is 12.8. The lowest BCUT2D eigenvalue weighted by atomic mass is 10.2. The Balaban J connectivity index is 1.64. The van der Waals surface area contributed by atoms with Gasteiger partial charge in [0.25, 0.3) is 0 Å². The van der Waals surface area contributed by atoms with Crippen molar-refractivity contribution in [1.29, 1.82) is 0 Å². The van der Waals surface area contributed by atoms with Crippen molar-refractivity contribution in [2.24, 2.45) is 0 Å². The number of thioether (sulfide) groups is 1. The Labute approximate surface area is 132 Å². The van der Waals surface area contributed by atoms with E-state index in [1.807, 2.05) is 6.07 Å². The lowest BCUT2D eigenvalue weighted by Crippen LogP contribution is -1.96. The van der Waals surface area contributed by atoms with Crippen molar-refractivity contribution in [3.8, 4) is 17.1 Å². The molecular formula is C16H15N3O2S. The highest BCUT2D eigenvalue weighted by molar-refractivity contribution is 7.98. The molecule has 0 saturated heterocycles. The monoisotopic (exact) mass is 313 g/mol. The Morgan fingerprint density at radius 2 is 2.00 bits per heavy atom. The van der Waals surface area contributed by atoms with Crippen LogP contribution in [-0.4, -0.2) is 16.4 Å². The van der Waals surface area contributed by atoms with Gasteiger partial charge in [0.2, 0.25) is 0 Å². The Morgan fingerprint density at radius 1 is 1.18 bits per heavy atom. The maximum absolute atomic E-state index is 5.74. The highest BCUT2D eigenvalue weighted by Gasteiger charge is 2.08. The van der Waals surface area contributed by atoms with E-state index < -0.39 is 0 Å². The van der Waals surface area contributed by atoms with Crippen molar-refractivity contribution < 1.29 is 9.26 Å². The fourth-order valence-corrected chi connectivity index (χ4v) is 2.34. The molecule has 0 spiro atoms. The van der Waals surface area contributed by atoms with Crippen LogP contribution in [0.4, 0.5) is 5.69 Å². The summed E-state index contributed by atoms with van der Waals surface area (Å²) >= 11 is 1.72. The second-order valence-electron chi connectivity index (χ2n) is 4.63. The lowest BCUT2D eigenvalue weighted by Gasteiger charge is -2.07. The SMILES string of the molecule is CSc1ccc(COc2ccc(-c3nocc3N)nc2)cc1. The normalized spacial score (nSPS) is 10.6. The average molecular weight is 313 g/mol. The molecule has 2 aromatic heterocycles. The van der Waals surface area contributed by atoms with Crippen LogP contribution >= 0.6 is 11.8 Å². The van der Waals surface area contributed by atoms with Crippen molar-refractivity contribution in [3.05, 3.63) is 54.4 Å². The summed E-state index contributed by atoms with van der Waals surface area (Å²) in [4.78, 5) is 5.53. The molecule has 0 saturated carbocycles. The molecule has 0 aliphatic carbocycles. The summed E-state index contributed by atoms with van der Waals surface area (Å²) in [6, 6.07) is 11.9. The maximum atomic E-state index is 5.74. The Kier molecular flexibility index (Phi) is 4.29. The molecule has 0 aliphatic rings. The minimum absolute atomic E-state index is 0.468. The van der Waals surface area contributed by atoms with Crippen LogP contribution in [0.3, 0.4) is 0 Å². The molecule has 2 heterocycles. The number of pyridine rings is 1. The van der Waals surface area contributed by atoms with Crippen molar-refractivity contribution in [2.75, 3.05) is 12.0 Å². The third kappa shape index (κ3) is 3.23. The fourth-order valence-electron chi connectivity index (χ4n) is 1.93. The standard InChI is InChI=1S/C16H15N3O2S/c1-22-13-5-2-11(3-6-13)9-20-12-4-7-15(18-8-12)16-14(17)10-21-19-16/h2-8,10H,9,17H2,1H3. The number of aromatic nitrogens is 2. The fraction of sp³-hybridized carbons (Fsp3) is 0.125. The Hall–Kier alpha value is -2.47. The molecule has 0 aliphatic heterocycles. The first-order chi connectivity index (χ1) is 10.8. The molecule has 0 unspecified atom stereocenters. The molecular weight excluding hydrogens is 298 g/mol. The number of benzene rings is 1. The molecule has 0 bridgehead atoms. The first kappa shape index (κ1) is 14.5. The smallest absolute Gasteiger partial charge is 0.155 e. The minimum atomic E-state index is 0.468. The first-order valence-electron chi connectivity index (χ1n) is 6.68. The molecule has 2 N–H and O–H groups in total. The molecule has 1 aromatic carbocycles. The molecule has 3 rings (SSSR count). The molecule has 112 valence electrons. The molecule has 5 nitrogen and oxygen atoms in total. The second-order valence-corrected chi connectivity index (χ2v) is 5.51. The summed E-state index contributed by atoms with van der Waals surface area (Å²) in [5, 5.41) is 3.82. The zero-order valence-electron chi connectivity index (χ0n) is 12.0. The van der Waals surface area contributed by atoms with Crippen LogP contribution in [0.5, 0.6) is 5.75 Å². The van der Waals surface area contributed by atoms with Gasteiger partial charge in [-0.05, 0) is 36.1 Å². The Bertz CT molecular complexity index is 739. The summed E-state index contributed by atoms with van der Waals surface area (Å²) in [5.41, 5.74) is 8.52. The number of ether oxygens (including phenoxy) is 1. The second kappa shape index (κ2) is 6.53. The molecule has 0 atom stereocenters. The minimum Gasteiger partial charge on any atom is -0.487 e. The molecule has 0 fully saturated rings.